The standard InChI is InChI=1S/C16H19FN2O5S/c1-4-8-19(9-5-2)15(20)11-24-16(21)13-10-12(6-7-14(13)17)25(22,23)18-3/h4-7,10,18H,1-2,8-9,11H2,3H3. The summed E-state index contributed by atoms with van der Waals surface area (Å²) in [6, 6.07) is 2.70. The molecule has 0 unspecified atom stereocenters. The number of esters is 1. The van der Waals surface area contributed by atoms with E-state index >= 15 is 0 Å². The first kappa shape index (κ1) is 20.5. The number of nitrogens with one attached hydrogen (secondary N) is 1. The van der Waals surface area contributed by atoms with Crippen molar-refractivity contribution in [2.24, 2.45) is 0 Å². The van der Waals surface area contributed by atoms with Gasteiger partial charge in [-0.1, -0.05) is 12.2 Å². The van der Waals surface area contributed by atoms with Crippen LogP contribution in [-0.2, 0) is 19.6 Å². The fourth-order valence-corrected chi connectivity index (χ4v) is 2.59. The van der Waals surface area contributed by atoms with Crippen LogP contribution in [0, 0.1) is 5.82 Å². The van der Waals surface area contributed by atoms with Crippen molar-refractivity contribution < 1.29 is 27.1 Å². The van der Waals surface area contributed by atoms with Crippen LogP contribution in [0.4, 0.5) is 4.39 Å². The molecule has 0 heterocycles. The van der Waals surface area contributed by atoms with Gasteiger partial charge in [-0.15, -0.1) is 13.2 Å². The lowest BCUT2D eigenvalue weighted by molar-refractivity contribution is -0.133. The second-order valence-electron chi connectivity index (χ2n) is 4.80. The van der Waals surface area contributed by atoms with E-state index in [9.17, 15) is 22.4 Å². The maximum Gasteiger partial charge on any atom is 0.341 e. The topological polar surface area (TPSA) is 92.8 Å². The molecule has 0 aliphatic rings. The Hall–Kier alpha value is -2.52. The van der Waals surface area contributed by atoms with Crippen LogP contribution in [0.3, 0.4) is 0 Å². The van der Waals surface area contributed by atoms with Crippen LogP contribution in [0.1, 0.15) is 10.4 Å². The molecule has 0 bridgehead atoms. The molecule has 7 nitrogen and oxygen atoms in total. The molecular weight excluding hydrogens is 351 g/mol. The van der Waals surface area contributed by atoms with Crippen LogP contribution >= 0.6 is 0 Å². The molecule has 9 heteroatoms. The van der Waals surface area contributed by atoms with E-state index in [1.165, 1.54) is 24.1 Å². The Labute approximate surface area is 145 Å². The highest BCUT2D eigenvalue weighted by Crippen LogP contribution is 2.16. The van der Waals surface area contributed by atoms with Gasteiger partial charge in [-0.05, 0) is 25.2 Å². The molecule has 0 radical (unpaired) electrons. The van der Waals surface area contributed by atoms with E-state index in [1.54, 1.807) is 0 Å². The molecule has 136 valence electrons. The quantitative estimate of drug-likeness (QED) is 0.519. The van der Waals surface area contributed by atoms with Crippen molar-refractivity contribution in [2.45, 2.75) is 4.90 Å². The first-order valence-electron chi connectivity index (χ1n) is 7.16. The summed E-state index contributed by atoms with van der Waals surface area (Å²) in [6.45, 7) is 6.86. The number of carbonyl (C=O) groups excluding carboxylic acids is 2. The van der Waals surface area contributed by atoms with Crippen LogP contribution < -0.4 is 4.72 Å². The Balaban J connectivity index is 2.90. The van der Waals surface area contributed by atoms with Crippen LogP contribution in [0.25, 0.3) is 0 Å². The number of rotatable bonds is 9. The fourth-order valence-electron chi connectivity index (χ4n) is 1.83. The molecule has 0 atom stereocenters. The van der Waals surface area contributed by atoms with Gasteiger partial charge in [0, 0.05) is 13.1 Å². The summed E-state index contributed by atoms with van der Waals surface area (Å²) in [4.78, 5) is 25.0. The molecule has 1 aromatic rings. The SMILES string of the molecule is C=CCN(CC=C)C(=O)COC(=O)c1cc(S(=O)(=O)NC)ccc1F. The molecule has 25 heavy (non-hydrogen) atoms. The van der Waals surface area contributed by atoms with Crippen molar-refractivity contribution in [3.8, 4) is 0 Å². The minimum Gasteiger partial charge on any atom is -0.452 e. The third-order valence-electron chi connectivity index (χ3n) is 3.12. The summed E-state index contributed by atoms with van der Waals surface area (Å²) in [7, 11) is -2.67. The summed E-state index contributed by atoms with van der Waals surface area (Å²) >= 11 is 0. The number of ether oxygens (including phenoxy) is 1. The zero-order valence-corrected chi connectivity index (χ0v) is 14.5. The average Bonchev–Trinajstić information content (AvgIpc) is 2.59. The molecule has 0 aromatic heterocycles. The summed E-state index contributed by atoms with van der Waals surface area (Å²) < 4.78 is 44.1. The number of amides is 1. The molecule has 0 fully saturated rings. The number of hydrogen-bond donors (Lipinski definition) is 1. The van der Waals surface area contributed by atoms with E-state index < -0.39 is 39.9 Å². The van der Waals surface area contributed by atoms with Gasteiger partial charge >= 0.3 is 5.97 Å². The fraction of sp³-hybridized carbons (Fsp3) is 0.250. The second kappa shape index (κ2) is 9.09. The van der Waals surface area contributed by atoms with E-state index in [2.05, 4.69) is 17.9 Å². The molecule has 1 N–H and O–H groups in total. The first-order chi connectivity index (χ1) is 11.8. The maximum atomic E-state index is 13.8. The Kier molecular flexibility index (Phi) is 7.46. The zero-order chi connectivity index (χ0) is 19.0. The molecule has 0 aliphatic carbocycles. The van der Waals surface area contributed by atoms with E-state index in [0.29, 0.717) is 0 Å². The van der Waals surface area contributed by atoms with Gasteiger partial charge in [0.05, 0.1) is 10.5 Å². The molecule has 1 amide bonds. The number of benzene rings is 1. The monoisotopic (exact) mass is 370 g/mol. The second-order valence-corrected chi connectivity index (χ2v) is 6.69. The summed E-state index contributed by atoms with van der Waals surface area (Å²) in [5.41, 5.74) is -0.580. The van der Waals surface area contributed by atoms with Gasteiger partial charge < -0.3 is 9.64 Å². The molecule has 1 aromatic carbocycles. The Morgan fingerprint density at radius 3 is 2.40 bits per heavy atom. The minimum atomic E-state index is -3.85. The van der Waals surface area contributed by atoms with Crippen molar-refractivity contribution in [2.75, 3.05) is 26.7 Å². The Morgan fingerprint density at radius 2 is 1.88 bits per heavy atom. The van der Waals surface area contributed by atoms with Gasteiger partial charge in [0.2, 0.25) is 10.0 Å². The van der Waals surface area contributed by atoms with Crippen LogP contribution in [0.15, 0.2) is 48.4 Å². The van der Waals surface area contributed by atoms with Crippen molar-refractivity contribution in [1.29, 1.82) is 0 Å². The predicted molar refractivity (Wildman–Crippen MR) is 89.9 cm³/mol. The van der Waals surface area contributed by atoms with E-state index in [1.807, 2.05) is 0 Å². The van der Waals surface area contributed by atoms with Crippen molar-refractivity contribution in [1.82, 2.24) is 9.62 Å². The average molecular weight is 370 g/mol. The van der Waals surface area contributed by atoms with Crippen molar-refractivity contribution in [3.63, 3.8) is 0 Å². The van der Waals surface area contributed by atoms with Gasteiger partial charge in [-0.25, -0.2) is 22.3 Å². The highest BCUT2D eigenvalue weighted by atomic mass is 32.2. The number of nitrogens with zero attached hydrogens (tertiary/aromatic N) is 1. The van der Waals surface area contributed by atoms with Crippen LogP contribution in [0.5, 0.6) is 0 Å². The lowest BCUT2D eigenvalue weighted by Crippen LogP contribution is -2.35. The number of sulfonamides is 1. The largest absolute Gasteiger partial charge is 0.452 e. The van der Waals surface area contributed by atoms with Gasteiger partial charge in [0.25, 0.3) is 5.91 Å². The number of hydrogen-bond acceptors (Lipinski definition) is 5. The maximum absolute atomic E-state index is 13.8. The summed E-state index contributed by atoms with van der Waals surface area (Å²) in [5.74, 6) is -2.62. The van der Waals surface area contributed by atoms with Crippen LogP contribution in [0.2, 0.25) is 0 Å². The van der Waals surface area contributed by atoms with E-state index in [4.69, 9.17) is 4.74 Å². The van der Waals surface area contributed by atoms with Crippen molar-refractivity contribution >= 4 is 21.9 Å². The Bertz CT molecular complexity index is 767. The zero-order valence-electron chi connectivity index (χ0n) is 13.7. The predicted octanol–water partition coefficient (Wildman–Crippen LogP) is 1.09. The first-order valence-corrected chi connectivity index (χ1v) is 8.65. The molecule has 0 spiro atoms. The normalized spacial score (nSPS) is 10.8. The minimum absolute atomic E-state index is 0.229. The Morgan fingerprint density at radius 1 is 1.28 bits per heavy atom. The molecule has 0 saturated carbocycles. The highest BCUT2D eigenvalue weighted by molar-refractivity contribution is 7.89. The number of halogens is 1. The van der Waals surface area contributed by atoms with Gasteiger partial charge in [-0.2, -0.15) is 0 Å². The molecule has 1 rings (SSSR count). The van der Waals surface area contributed by atoms with Crippen LogP contribution in [-0.4, -0.2) is 51.9 Å². The van der Waals surface area contributed by atoms with Crippen molar-refractivity contribution in [3.05, 3.63) is 54.9 Å². The summed E-state index contributed by atoms with van der Waals surface area (Å²) in [6.07, 6.45) is 2.99. The lowest BCUT2D eigenvalue weighted by Gasteiger charge is -2.19. The molecule has 0 aliphatic heterocycles. The third kappa shape index (κ3) is 5.50. The van der Waals surface area contributed by atoms with E-state index in [0.717, 1.165) is 18.2 Å². The summed E-state index contributed by atoms with van der Waals surface area (Å²) in [5, 5.41) is 0. The molecule has 0 saturated heterocycles. The molecular formula is C16H19FN2O5S. The highest BCUT2D eigenvalue weighted by Gasteiger charge is 2.21. The van der Waals surface area contributed by atoms with Gasteiger partial charge in [-0.3, -0.25) is 4.79 Å². The van der Waals surface area contributed by atoms with Gasteiger partial charge in [0.15, 0.2) is 6.61 Å². The van der Waals surface area contributed by atoms with Gasteiger partial charge in [0.1, 0.15) is 5.82 Å². The third-order valence-corrected chi connectivity index (χ3v) is 4.53. The lowest BCUT2D eigenvalue weighted by atomic mass is 10.2. The van der Waals surface area contributed by atoms with E-state index in [-0.39, 0.29) is 18.0 Å². The number of carbonyl (C=O) groups is 2. The smallest absolute Gasteiger partial charge is 0.341 e.